The predicted molar refractivity (Wildman–Crippen MR) is 107 cm³/mol. The van der Waals surface area contributed by atoms with Crippen LogP contribution in [0.3, 0.4) is 0 Å². The number of quaternary nitrogens is 1. The first-order chi connectivity index (χ1) is 14.5. The molecule has 7 nitrogen and oxygen atoms in total. The SMILES string of the molecule is Cc1ccc(S(=O)(=O)N2CC[NH+](CC(=O)Nc3ccc(OC(F)(F)F)cc3)CC2)cc1. The number of sulfonamides is 1. The molecule has 0 bridgehead atoms. The third kappa shape index (κ3) is 6.42. The number of benzene rings is 2. The van der Waals surface area contributed by atoms with E-state index >= 15 is 0 Å². The first-order valence-corrected chi connectivity index (χ1v) is 11.0. The Labute approximate surface area is 178 Å². The second-order valence-corrected chi connectivity index (χ2v) is 9.20. The molecule has 0 atom stereocenters. The summed E-state index contributed by atoms with van der Waals surface area (Å²) in [4.78, 5) is 13.4. The molecular formula is C20H23F3N3O4S+. The number of hydrogen-bond donors (Lipinski definition) is 2. The number of anilines is 1. The van der Waals surface area contributed by atoms with E-state index in [2.05, 4.69) is 10.1 Å². The Bertz CT molecular complexity index is 1000. The summed E-state index contributed by atoms with van der Waals surface area (Å²) in [7, 11) is -3.57. The normalized spacial score (nSPS) is 16.1. The number of carbonyl (C=O) groups excluding carboxylic acids is 1. The van der Waals surface area contributed by atoms with Crippen LogP contribution < -0.4 is 15.0 Å². The third-order valence-electron chi connectivity index (χ3n) is 4.87. The molecule has 3 rings (SSSR count). The molecular weight excluding hydrogens is 435 g/mol. The lowest BCUT2D eigenvalue weighted by Crippen LogP contribution is -3.15. The topological polar surface area (TPSA) is 80.2 Å². The van der Waals surface area contributed by atoms with Crippen molar-refractivity contribution < 1.29 is 36.0 Å². The highest BCUT2D eigenvalue weighted by atomic mass is 32.2. The molecule has 2 aromatic carbocycles. The summed E-state index contributed by atoms with van der Waals surface area (Å²) in [5, 5.41) is 2.62. The van der Waals surface area contributed by atoms with E-state index in [0.717, 1.165) is 22.6 Å². The molecule has 0 aliphatic carbocycles. The minimum atomic E-state index is -4.77. The zero-order valence-corrected chi connectivity index (χ0v) is 17.6. The number of halogens is 3. The minimum Gasteiger partial charge on any atom is -0.406 e. The van der Waals surface area contributed by atoms with Gasteiger partial charge in [0.2, 0.25) is 10.0 Å². The molecule has 0 unspecified atom stereocenters. The maximum Gasteiger partial charge on any atom is 0.573 e. The molecule has 1 aliphatic heterocycles. The van der Waals surface area contributed by atoms with E-state index in [1.165, 1.54) is 16.4 Å². The van der Waals surface area contributed by atoms with E-state index in [9.17, 15) is 26.4 Å². The van der Waals surface area contributed by atoms with Gasteiger partial charge in [-0.05, 0) is 43.3 Å². The number of nitrogens with zero attached hydrogens (tertiary/aromatic N) is 1. The summed E-state index contributed by atoms with van der Waals surface area (Å²) < 4.78 is 67.3. The van der Waals surface area contributed by atoms with Gasteiger partial charge in [0.1, 0.15) is 5.75 Å². The monoisotopic (exact) mass is 458 g/mol. The van der Waals surface area contributed by atoms with Gasteiger partial charge in [-0.15, -0.1) is 13.2 Å². The van der Waals surface area contributed by atoms with Crippen LogP contribution in [0.2, 0.25) is 0 Å². The van der Waals surface area contributed by atoms with Crippen LogP contribution in [0, 0.1) is 6.92 Å². The first-order valence-electron chi connectivity index (χ1n) is 9.59. The van der Waals surface area contributed by atoms with Gasteiger partial charge in [-0.1, -0.05) is 17.7 Å². The van der Waals surface area contributed by atoms with Gasteiger partial charge in [0.15, 0.2) is 6.54 Å². The van der Waals surface area contributed by atoms with Crippen LogP contribution in [0.5, 0.6) is 5.75 Å². The number of hydrogen-bond acceptors (Lipinski definition) is 4. The third-order valence-corrected chi connectivity index (χ3v) is 6.78. The van der Waals surface area contributed by atoms with Crippen LogP contribution >= 0.6 is 0 Å². The highest BCUT2D eigenvalue weighted by Gasteiger charge is 2.32. The maximum atomic E-state index is 12.7. The van der Waals surface area contributed by atoms with Gasteiger partial charge in [0, 0.05) is 5.69 Å². The molecule has 11 heteroatoms. The highest BCUT2D eigenvalue weighted by Crippen LogP contribution is 2.23. The molecule has 1 saturated heterocycles. The van der Waals surface area contributed by atoms with Crippen molar-refractivity contribution in [3.05, 3.63) is 54.1 Å². The number of amides is 1. The van der Waals surface area contributed by atoms with E-state index in [0.29, 0.717) is 31.9 Å². The lowest BCUT2D eigenvalue weighted by molar-refractivity contribution is -0.895. The number of ether oxygens (including phenoxy) is 1. The molecule has 1 amide bonds. The van der Waals surface area contributed by atoms with Crippen LogP contribution in [-0.4, -0.2) is 57.7 Å². The fraction of sp³-hybridized carbons (Fsp3) is 0.350. The molecule has 31 heavy (non-hydrogen) atoms. The number of alkyl halides is 3. The number of nitrogens with one attached hydrogen (secondary N) is 2. The fourth-order valence-electron chi connectivity index (χ4n) is 3.25. The standard InChI is InChI=1S/C20H22F3N3O4S/c1-15-2-8-18(9-3-15)31(28,29)26-12-10-25(11-13-26)14-19(27)24-16-4-6-17(7-5-16)30-20(21,22)23/h2-9H,10-14H2,1H3,(H,24,27)/p+1. The lowest BCUT2D eigenvalue weighted by atomic mass is 10.2. The molecule has 0 spiro atoms. The summed E-state index contributed by atoms with van der Waals surface area (Å²) in [6.45, 7) is 3.53. The molecule has 1 heterocycles. The Morgan fingerprint density at radius 1 is 1.06 bits per heavy atom. The van der Waals surface area contributed by atoms with Gasteiger partial charge in [0.25, 0.3) is 5.91 Å². The summed E-state index contributed by atoms with van der Waals surface area (Å²) in [6.07, 6.45) is -4.77. The maximum absolute atomic E-state index is 12.7. The van der Waals surface area contributed by atoms with Crippen LogP contribution in [0.4, 0.5) is 18.9 Å². The summed E-state index contributed by atoms with van der Waals surface area (Å²) in [6, 6.07) is 11.5. The van der Waals surface area contributed by atoms with E-state index in [4.69, 9.17) is 0 Å². The van der Waals surface area contributed by atoms with E-state index < -0.39 is 16.4 Å². The van der Waals surface area contributed by atoms with Crippen molar-refractivity contribution >= 4 is 21.6 Å². The van der Waals surface area contributed by atoms with Crippen LogP contribution in [-0.2, 0) is 14.8 Å². The van der Waals surface area contributed by atoms with Gasteiger partial charge in [-0.2, -0.15) is 4.31 Å². The van der Waals surface area contributed by atoms with Gasteiger partial charge in [-0.25, -0.2) is 8.42 Å². The second-order valence-electron chi connectivity index (χ2n) is 7.26. The minimum absolute atomic E-state index is 0.124. The Balaban J connectivity index is 1.49. The van der Waals surface area contributed by atoms with E-state index in [-0.39, 0.29) is 23.1 Å². The van der Waals surface area contributed by atoms with Crippen molar-refractivity contribution in [2.45, 2.75) is 18.2 Å². The van der Waals surface area contributed by atoms with Gasteiger partial charge >= 0.3 is 6.36 Å². The predicted octanol–water partition coefficient (Wildman–Crippen LogP) is 1.42. The molecule has 2 aromatic rings. The number of carbonyl (C=O) groups is 1. The Hall–Kier alpha value is -2.63. The van der Waals surface area contributed by atoms with Crippen LogP contribution in [0.15, 0.2) is 53.4 Å². The largest absolute Gasteiger partial charge is 0.573 e. The van der Waals surface area contributed by atoms with Crippen LogP contribution in [0.25, 0.3) is 0 Å². The number of rotatable bonds is 6. The fourth-order valence-corrected chi connectivity index (χ4v) is 4.69. The van der Waals surface area contributed by atoms with Crippen LogP contribution in [0.1, 0.15) is 5.56 Å². The molecule has 0 radical (unpaired) electrons. The first kappa shape index (κ1) is 23.0. The van der Waals surface area contributed by atoms with E-state index in [1.54, 1.807) is 24.3 Å². The number of piperazine rings is 1. The van der Waals surface area contributed by atoms with Crippen molar-refractivity contribution in [2.75, 3.05) is 38.0 Å². The Kier molecular flexibility index (Phi) is 6.87. The second kappa shape index (κ2) is 9.25. The molecule has 0 saturated carbocycles. The van der Waals surface area contributed by atoms with E-state index in [1.807, 2.05) is 6.92 Å². The number of aryl methyl sites for hydroxylation is 1. The summed E-state index contributed by atoms with van der Waals surface area (Å²) in [5.74, 6) is -0.684. The summed E-state index contributed by atoms with van der Waals surface area (Å²) >= 11 is 0. The zero-order valence-electron chi connectivity index (χ0n) is 16.8. The molecule has 2 N–H and O–H groups in total. The van der Waals surface area contributed by atoms with Crippen molar-refractivity contribution in [1.29, 1.82) is 0 Å². The Morgan fingerprint density at radius 2 is 1.65 bits per heavy atom. The van der Waals surface area contributed by atoms with Gasteiger partial charge in [-0.3, -0.25) is 4.79 Å². The van der Waals surface area contributed by atoms with Crippen molar-refractivity contribution in [1.82, 2.24) is 4.31 Å². The van der Waals surface area contributed by atoms with Gasteiger partial charge < -0.3 is 15.0 Å². The van der Waals surface area contributed by atoms with Crippen molar-refractivity contribution in [2.24, 2.45) is 0 Å². The molecule has 168 valence electrons. The summed E-state index contributed by atoms with van der Waals surface area (Å²) in [5.41, 5.74) is 1.32. The lowest BCUT2D eigenvalue weighted by Gasteiger charge is -2.31. The highest BCUT2D eigenvalue weighted by molar-refractivity contribution is 7.89. The average molecular weight is 458 g/mol. The van der Waals surface area contributed by atoms with Crippen molar-refractivity contribution in [3.8, 4) is 5.75 Å². The average Bonchev–Trinajstić information content (AvgIpc) is 2.69. The quantitative estimate of drug-likeness (QED) is 0.687. The van der Waals surface area contributed by atoms with Crippen molar-refractivity contribution in [3.63, 3.8) is 0 Å². The zero-order chi connectivity index (χ0) is 22.6. The molecule has 1 fully saturated rings. The van der Waals surface area contributed by atoms with Gasteiger partial charge in [0.05, 0.1) is 31.1 Å². The molecule has 1 aliphatic rings. The molecule has 0 aromatic heterocycles. The smallest absolute Gasteiger partial charge is 0.406 e. The Morgan fingerprint density at radius 3 is 2.19 bits per heavy atom.